The highest BCUT2D eigenvalue weighted by molar-refractivity contribution is 9.11. The van der Waals surface area contributed by atoms with Gasteiger partial charge in [0.1, 0.15) is 16.4 Å². The Morgan fingerprint density at radius 2 is 2.19 bits per heavy atom. The van der Waals surface area contributed by atoms with Crippen molar-refractivity contribution < 1.29 is 4.42 Å². The summed E-state index contributed by atoms with van der Waals surface area (Å²) in [5, 5.41) is 2.52. The van der Waals surface area contributed by atoms with Crippen LogP contribution < -0.4 is 5.56 Å². The molecule has 0 amide bonds. The van der Waals surface area contributed by atoms with E-state index in [4.69, 9.17) is 4.42 Å². The van der Waals surface area contributed by atoms with E-state index < -0.39 is 0 Å². The summed E-state index contributed by atoms with van der Waals surface area (Å²) >= 11 is 6.69. The van der Waals surface area contributed by atoms with Gasteiger partial charge >= 0.3 is 0 Å². The molecule has 4 heterocycles. The molecule has 0 aliphatic carbocycles. The van der Waals surface area contributed by atoms with E-state index in [1.165, 1.54) is 16.2 Å². The van der Waals surface area contributed by atoms with Gasteiger partial charge in [-0.15, -0.1) is 22.7 Å². The van der Waals surface area contributed by atoms with Crippen molar-refractivity contribution in [3.63, 3.8) is 0 Å². The van der Waals surface area contributed by atoms with Crippen LogP contribution in [0.1, 0.15) is 17.6 Å². The smallest absolute Gasteiger partial charge is 0.260 e. The van der Waals surface area contributed by atoms with E-state index in [9.17, 15) is 4.79 Å². The van der Waals surface area contributed by atoms with Crippen LogP contribution in [0.4, 0.5) is 0 Å². The molecule has 0 bridgehead atoms. The zero-order valence-electron chi connectivity index (χ0n) is 14.0. The molecule has 4 aromatic rings. The molecular formula is C18H16BrN3O2S2. The monoisotopic (exact) mass is 449 g/mol. The van der Waals surface area contributed by atoms with Crippen LogP contribution in [0.3, 0.4) is 0 Å². The van der Waals surface area contributed by atoms with E-state index in [0.717, 1.165) is 27.3 Å². The fourth-order valence-electron chi connectivity index (χ4n) is 2.83. The molecule has 8 heteroatoms. The molecule has 5 nitrogen and oxygen atoms in total. The van der Waals surface area contributed by atoms with Gasteiger partial charge in [0.05, 0.1) is 22.0 Å². The Hall–Kier alpha value is -1.74. The number of hydrogen-bond donors (Lipinski definition) is 1. The quantitative estimate of drug-likeness (QED) is 0.445. The number of furan rings is 1. The highest BCUT2D eigenvalue weighted by Crippen LogP contribution is 2.31. The van der Waals surface area contributed by atoms with Gasteiger partial charge in [0.25, 0.3) is 5.56 Å². The van der Waals surface area contributed by atoms with Crippen molar-refractivity contribution in [3.8, 4) is 11.3 Å². The maximum atomic E-state index is 12.7. The average molecular weight is 450 g/mol. The number of fused-ring (bicyclic) bond motifs is 1. The largest absolute Gasteiger partial charge is 0.464 e. The van der Waals surface area contributed by atoms with Crippen LogP contribution in [0, 0.1) is 0 Å². The number of nitrogens with one attached hydrogen (secondary N) is 1. The zero-order valence-corrected chi connectivity index (χ0v) is 17.2. The molecule has 4 aromatic heterocycles. The summed E-state index contributed by atoms with van der Waals surface area (Å²) in [5.74, 6) is 1.38. The molecule has 134 valence electrons. The van der Waals surface area contributed by atoms with Crippen molar-refractivity contribution >= 4 is 48.8 Å². The lowest BCUT2D eigenvalue weighted by atomic mass is 10.2. The van der Waals surface area contributed by atoms with Crippen molar-refractivity contribution in [2.24, 2.45) is 0 Å². The lowest BCUT2D eigenvalue weighted by Crippen LogP contribution is -2.24. The fourth-order valence-corrected chi connectivity index (χ4v) is 5.30. The molecular weight excluding hydrogens is 434 g/mol. The first-order valence-electron chi connectivity index (χ1n) is 8.15. The number of halogens is 1. The SMILES string of the molecule is CCN(Cc1nc2scc(-c3ccco3)c2c(=O)[nH]1)Cc1ccc(Br)s1. The molecule has 0 fully saturated rings. The molecule has 26 heavy (non-hydrogen) atoms. The van der Waals surface area contributed by atoms with E-state index in [-0.39, 0.29) is 5.56 Å². The number of nitrogens with zero attached hydrogens (tertiary/aromatic N) is 2. The van der Waals surface area contributed by atoms with Gasteiger partial charge in [-0.05, 0) is 46.7 Å². The van der Waals surface area contributed by atoms with Gasteiger partial charge in [-0.25, -0.2) is 4.98 Å². The summed E-state index contributed by atoms with van der Waals surface area (Å²) in [6, 6.07) is 7.84. The summed E-state index contributed by atoms with van der Waals surface area (Å²) in [7, 11) is 0. The van der Waals surface area contributed by atoms with Crippen molar-refractivity contribution in [1.29, 1.82) is 0 Å². The van der Waals surface area contributed by atoms with E-state index in [0.29, 0.717) is 23.5 Å². The van der Waals surface area contributed by atoms with Crippen LogP contribution in [0.5, 0.6) is 0 Å². The normalized spacial score (nSPS) is 11.7. The lowest BCUT2D eigenvalue weighted by molar-refractivity contribution is 0.267. The Balaban J connectivity index is 1.62. The second-order valence-electron chi connectivity index (χ2n) is 5.83. The summed E-state index contributed by atoms with van der Waals surface area (Å²) in [6.07, 6.45) is 1.61. The number of hydrogen-bond acceptors (Lipinski definition) is 6. The second-order valence-corrected chi connectivity index (χ2v) is 9.23. The van der Waals surface area contributed by atoms with Crippen LogP contribution in [0.2, 0.25) is 0 Å². The first-order chi connectivity index (χ1) is 12.6. The number of thiophene rings is 2. The predicted octanol–water partition coefficient (Wildman–Crippen LogP) is 5.09. The van der Waals surface area contributed by atoms with Crippen LogP contribution in [-0.2, 0) is 13.1 Å². The molecule has 0 aliphatic heterocycles. The molecule has 0 radical (unpaired) electrons. The number of H-pyrrole nitrogens is 1. The maximum absolute atomic E-state index is 12.7. The molecule has 0 spiro atoms. The maximum Gasteiger partial charge on any atom is 0.260 e. The number of rotatable bonds is 6. The molecule has 0 saturated heterocycles. The minimum atomic E-state index is -0.118. The molecule has 0 unspecified atom stereocenters. The van der Waals surface area contributed by atoms with Gasteiger partial charge < -0.3 is 9.40 Å². The van der Waals surface area contributed by atoms with Gasteiger partial charge in [-0.3, -0.25) is 9.69 Å². The minimum Gasteiger partial charge on any atom is -0.464 e. The Morgan fingerprint density at radius 1 is 1.31 bits per heavy atom. The third-order valence-corrected chi connectivity index (χ3v) is 6.59. The van der Waals surface area contributed by atoms with Crippen LogP contribution >= 0.6 is 38.6 Å². The standard InChI is InChI=1S/C18H16BrN3O2S2/c1-2-22(8-11-5-6-14(19)26-11)9-15-20-17(23)16-12(10-25-18(16)21-15)13-4-3-7-24-13/h3-7,10H,2,8-9H2,1H3,(H,20,21,23). The average Bonchev–Trinajstić information content (AvgIpc) is 3.34. The summed E-state index contributed by atoms with van der Waals surface area (Å²) in [5.41, 5.74) is 0.679. The third-order valence-electron chi connectivity index (χ3n) is 4.11. The van der Waals surface area contributed by atoms with Gasteiger partial charge in [-0.2, -0.15) is 0 Å². The van der Waals surface area contributed by atoms with Crippen molar-refractivity contribution in [1.82, 2.24) is 14.9 Å². The van der Waals surface area contributed by atoms with Gasteiger partial charge in [0.2, 0.25) is 0 Å². The summed E-state index contributed by atoms with van der Waals surface area (Å²) in [6.45, 7) is 4.42. The van der Waals surface area contributed by atoms with Crippen LogP contribution in [0.25, 0.3) is 21.5 Å². The molecule has 0 aliphatic rings. The summed E-state index contributed by atoms with van der Waals surface area (Å²) < 4.78 is 6.56. The third kappa shape index (κ3) is 3.55. The van der Waals surface area contributed by atoms with Crippen molar-refractivity contribution in [2.75, 3.05) is 6.54 Å². The lowest BCUT2D eigenvalue weighted by Gasteiger charge is -2.18. The van der Waals surface area contributed by atoms with Crippen molar-refractivity contribution in [2.45, 2.75) is 20.0 Å². The molecule has 4 rings (SSSR count). The highest BCUT2D eigenvalue weighted by Gasteiger charge is 2.16. The van der Waals surface area contributed by atoms with Gasteiger partial charge in [0.15, 0.2) is 0 Å². The Morgan fingerprint density at radius 3 is 2.88 bits per heavy atom. The van der Waals surface area contributed by atoms with Crippen LogP contribution in [0.15, 0.2) is 48.9 Å². The Bertz CT molecular complexity index is 1080. The van der Waals surface area contributed by atoms with Crippen LogP contribution in [-0.4, -0.2) is 21.4 Å². The predicted molar refractivity (Wildman–Crippen MR) is 110 cm³/mol. The number of aromatic nitrogens is 2. The van der Waals surface area contributed by atoms with Gasteiger partial charge in [-0.1, -0.05) is 6.92 Å². The topological polar surface area (TPSA) is 62.1 Å². The fraction of sp³-hybridized carbons (Fsp3) is 0.222. The first-order valence-corrected chi connectivity index (χ1v) is 10.6. The highest BCUT2D eigenvalue weighted by atomic mass is 79.9. The number of aromatic amines is 1. The van der Waals surface area contributed by atoms with Crippen molar-refractivity contribution in [3.05, 3.63) is 60.8 Å². The zero-order chi connectivity index (χ0) is 18.1. The van der Waals surface area contributed by atoms with Gasteiger partial charge in [0, 0.05) is 22.4 Å². The van der Waals surface area contributed by atoms with E-state index in [1.807, 2.05) is 17.5 Å². The Kier molecular flexibility index (Phi) is 5.08. The second kappa shape index (κ2) is 7.48. The molecule has 1 N–H and O–H groups in total. The first kappa shape index (κ1) is 17.7. The molecule has 0 aromatic carbocycles. The van der Waals surface area contributed by atoms with E-state index in [2.05, 4.69) is 49.9 Å². The van der Waals surface area contributed by atoms with E-state index in [1.54, 1.807) is 17.6 Å². The minimum absolute atomic E-state index is 0.118. The van der Waals surface area contributed by atoms with E-state index >= 15 is 0 Å². The summed E-state index contributed by atoms with van der Waals surface area (Å²) in [4.78, 5) is 24.5. The molecule has 0 atom stereocenters. The molecule has 0 saturated carbocycles. The Labute approximate surface area is 166 Å².